The summed E-state index contributed by atoms with van der Waals surface area (Å²) in [5.41, 5.74) is 5.79. The maximum absolute atomic E-state index is 5.95. The van der Waals surface area contributed by atoms with Gasteiger partial charge in [-0.1, -0.05) is 89.6 Å². The lowest BCUT2D eigenvalue weighted by Gasteiger charge is -2.27. The molecule has 1 aliphatic carbocycles. The van der Waals surface area contributed by atoms with Crippen molar-refractivity contribution in [2.45, 2.75) is 91.4 Å². The highest BCUT2D eigenvalue weighted by molar-refractivity contribution is 5.66. The molecule has 0 radical (unpaired) electrons. The molecule has 0 N–H and O–H groups in total. The fourth-order valence-corrected chi connectivity index (χ4v) is 4.76. The first kappa shape index (κ1) is 22.9. The fraction of sp³-hybridized carbons (Fsp3) is 0.586. The average Bonchev–Trinajstić information content (AvgIpc) is 2.78. The van der Waals surface area contributed by atoms with Gasteiger partial charge in [-0.2, -0.15) is 0 Å². The Morgan fingerprint density at radius 2 is 1.60 bits per heavy atom. The summed E-state index contributed by atoms with van der Waals surface area (Å²) in [6, 6.07) is 15.8. The molecular formula is C29H42O. The van der Waals surface area contributed by atoms with Gasteiger partial charge in [-0.3, -0.25) is 0 Å². The third-order valence-electron chi connectivity index (χ3n) is 6.92. The standard InChI is InChI=1S/C29H42O/c1-4-6-7-8-9-10-19-30-29-17-15-25(16-18-29)27-14-13-26-21-24(20-23(3)5-2)11-12-28(26)22-27/h13-18,22-24H,4-12,19-21H2,1-3H3. The molecule has 0 saturated heterocycles. The highest BCUT2D eigenvalue weighted by atomic mass is 16.5. The Balaban J connectivity index is 1.50. The van der Waals surface area contributed by atoms with Crippen LogP contribution in [0.5, 0.6) is 5.75 Å². The predicted octanol–water partition coefficient (Wildman–Crippen LogP) is 8.63. The Kier molecular flexibility index (Phi) is 9.30. The van der Waals surface area contributed by atoms with E-state index in [4.69, 9.17) is 4.74 Å². The van der Waals surface area contributed by atoms with Gasteiger partial charge in [0.15, 0.2) is 0 Å². The number of hydrogen-bond acceptors (Lipinski definition) is 1. The van der Waals surface area contributed by atoms with Crippen LogP contribution in [-0.4, -0.2) is 6.61 Å². The van der Waals surface area contributed by atoms with Gasteiger partial charge in [0, 0.05) is 0 Å². The minimum absolute atomic E-state index is 0.835. The zero-order valence-electron chi connectivity index (χ0n) is 19.6. The Hall–Kier alpha value is -1.76. The van der Waals surface area contributed by atoms with Crippen LogP contribution in [0.15, 0.2) is 42.5 Å². The quantitative estimate of drug-likeness (QED) is 0.320. The van der Waals surface area contributed by atoms with Crippen molar-refractivity contribution in [3.63, 3.8) is 0 Å². The molecule has 0 aromatic heterocycles. The van der Waals surface area contributed by atoms with E-state index in [0.717, 1.165) is 30.6 Å². The fourth-order valence-electron chi connectivity index (χ4n) is 4.76. The SMILES string of the molecule is CCCCCCCCOc1ccc(-c2ccc3c(c2)CCC(CC(C)CC)C3)cc1. The van der Waals surface area contributed by atoms with Gasteiger partial charge in [-0.05, 0) is 78.3 Å². The lowest BCUT2D eigenvalue weighted by Crippen LogP contribution is -2.16. The molecule has 2 aromatic carbocycles. The second kappa shape index (κ2) is 12.2. The monoisotopic (exact) mass is 406 g/mol. The molecule has 1 aliphatic rings. The van der Waals surface area contributed by atoms with Crippen LogP contribution in [-0.2, 0) is 12.8 Å². The van der Waals surface area contributed by atoms with Crippen LogP contribution in [0.3, 0.4) is 0 Å². The average molecular weight is 407 g/mol. The van der Waals surface area contributed by atoms with E-state index in [0.29, 0.717) is 0 Å². The third-order valence-corrected chi connectivity index (χ3v) is 6.92. The predicted molar refractivity (Wildman–Crippen MR) is 130 cm³/mol. The molecule has 1 nitrogen and oxygen atoms in total. The second-order valence-electron chi connectivity index (χ2n) is 9.48. The van der Waals surface area contributed by atoms with Crippen LogP contribution in [0.2, 0.25) is 0 Å². The van der Waals surface area contributed by atoms with Gasteiger partial charge < -0.3 is 4.74 Å². The molecule has 1 heteroatoms. The van der Waals surface area contributed by atoms with Crippen molar-refractivity contribution < 1.29 is 4.74 Å². The zero-order chi connectivity index (χ0) is 21.2. The normalized spacial score (nSPS) is 16.8. The molecule has 164 valence electrons. The molecule has 0 heterocycles. The van der Waals surface area contributed by atoms with Crippen LogP contribution < -0.4 is 4.74 Å². The number of ether oxygens (including phenoxy) is 1. The summed E-state index contributed by atoms with van der Waals surface area (Å²) in [6.45, 7) is 7.82. The van der Waals surface area contributed by atoms with Crippen molar-refractivity contribution in [3.05, 3.63) is 53.6 Å². The summed E-state index contributed by atoms with van der Waals surface area (Å²) < 4.78 is 5.95. The van der Waals surface area contributed by atoms with E-state index < -0.39 is 0 Å². The van der Waals surface area contributed by atoms with Crippen molar-refractivity contribution in [2.24, 2.45) is 11.8 Å². The molecule has 2 unspecified atom stereocenters. The number of benzene rings is 2. The maximum Gasteiger partial charge on any atom is 0.119 e. The first-order chi connectivity index (χ1) is 14.7. The van der Waals surface area contributed by atoms with Gasteiger partial charge >= 0.3 is 0 Å². The van der Waals surface area contributed by atoms with Gasteiger partial charge in [0.25, 0.3) is 0 Å². The van der Waals surface area contributed by atoms with E-state index in [1.54, 1.807) is 11.1 Å². The lowest BCUT2D eigenvalue weighted by molar-refractivity contribution is 0.304. The summed E-state index contributed by atoms with van der Waals surface area (Å²) in [5.74, 6) is 2.73. The molecule has 0 bridgehead atoms. The van der Waals surface area contributed by atoms with Gasteiger partial charge in [0.2, 0.25) is 0 Å². The number of aryl methyl sites for hydroxylation is 1. The molecule has 0 amide bonds. The minimum atomic E-state index is 0.835. The van der Waals surface area contributed by atoms with Crippen molar-refractivity contribution in [2.75, 3.05) is 6.61 Å². The first-order valence-electron chi connectivity index (χ1n) is 12.5. The number of fused-ring (bicyclic) bond motifs is 1. The molecular weight excluding hydrogens is 364 g/mol. The van der Waals surface area contributed by atoms with Crippen LogP contribution in [0, 0.1) is 11.8 Å². The van der Waals surface area contributed by atoms with E-state index in [1.165, 1.54) is 75.3 Å². The molecule has 0 spiro atoms. The smallest absolute Gasteiger partial charge is 0.119 e. The summed E-state index contributed by atoms with van der Waals surface area (Å²) in [5, 5.41) is 0. The Morgan fingerprint density at radius 3 is 2.37 bits per heavy atom. The van der Waals surface area contributed by atoms with Crippen molar-refractivity contribution in [1.29, 1.82) is 0 Å². The van der Waals surface area contributed by atoms with Crippen molar-refractivity contribution >= 4 is 0 Å². The van der Waals surface area contributed by atoms with Crippen molar-refractivity contribution in [3.8, 4) is 16.9 Å². The minimum Gasteiger partial charge on any atom is -0.494 e. The zero-order valence-corrected chi connectivity index (χ0v) is 19.6. The summed E-state index contributed by atoms with van der Waals surface area (Å²) in [7, 11) is 0. The maximum atomic E-state index is 5.95. The van der Waals surface area contributed by atoms with E-state index in [-0.39, 0.29) is 0 Å². The van der Waals surface area contributed by atoms with Crippen LogP contribution in [0.4, 0.5) is 0 Å². The number of unbranched alkanes of at least 4 members (excludes halogenated alkanes) is 5. The molecule has 2 aromatic rings. The van der Waals surface area contributed by atoms with Crippen molar-refractivity contribution in [1.82, 2.24) is 0 Å². The van der Waals surface area contributed by atoms with E-state index in [2.05, 4.69) is 63.2 Å². The van der Waals surface area contributed by atoms with Gasteiger partial charge in [-0.25, -0.2) is 0 Å². The van der Waals surface area contributed by atoms with E-state index in [9.17, 15) is 0 Å². The molecule has 3 rings (SSSR count). The third kappa shape index (κ3) is 6.89. The highest BCUT2D eigenvalue weighted by Gasteiger charge is 2.20. The topological polar surface area (TPSA) is 9.23 Å². The second-order valence-corrected chi connectivity index (χ2v) is 9.48. The highest BCUT2D eigenvalue weighted by Crippen LogP contribution is 2.33. The largest absolute Gasteiger partial charge is 0.494 e. The Labute approximate surface area is 185 Å². The van der Waals surface area contributed by atoms with Gasteiger partial charge in [0.05, 0.1) is 6.61 Å². The van der Waals surface area contributed by atoms with Gasteiger partial charge in [0.1, 0.15) is 5.75 Å². The van der Waals surface area contributed by atoms with Gasteiger partial charge in [-0.15, -0.1) is 0 Å². The molecule has 0 saturated carbocycles. The van der Waals surface area contributed by atoms with Crippen LogP contribution in [0.1, 0.15) is 89.7 Å². The lowest BCUT2D eigenvalue weighted by atomic mass is 9.78. The Bertz CT molecular complexity index is 745. The molecule has 0 aliphatic heterocycles. The molecule has 0 fully saturated rings. The van der Waals surface area contributed by atoms with Crippen LogP contribution in [0.25, 0.3) is 11.1 Å². The molecule has 2 atom stereocenters. The van der Waals surface area contributed by atoms with Crippen LogP contribution >= 0.6 is 0 Å². The number of rotatable bonds is 12. The summed E-state index contributed by atoms with van der Waals surface area (Å²) >= 11 is 0. The van der Waals surface area contributed by atoms with E-state index in [1.807, 2.05) is 0 Å². The molecule has 30 heavy (non-hydrogen) atoms. The van der Waals surface area contributed by atoms with E-state index >= 15 is 0 Å². The number of hydrogen-bond donors (Lipinski definition) is 0. The Morgan fingerprint density at radius 1 is 0.867 bits per heavy atom. The summed E-state index contributed by atoms with van der Waals surface area (Å²) in [6.07, 6.45) is 14.4. The summed E-state index contributed by atoms with van der Waals surface area (Å²) in [4.78, 5) is 0. The first-order valence-corrected chi connectivity index (χ1v) is 12.5.